The number of hydrogen-bond acceptors (Lipinski definition) is 5. The van der Waals surface area contributed by atoms with E-state index in [1.807, 2.05) is 0 Å². The zero-order valence-corrected chi connectivity index (χ0v) is 11.6. The van der Waals surface area contributed by atoms with Gasteiger partial charge in [0.15, 0.2) is 11.5 Å². The minimum atomic E-state index is -0.982. The highest BCUT2D eigenvalue weighted by molar-refractivity contribution is 5.97. The number of aliphatic carboxylic acids is 1. The van der Waals surface area contributed by atoms with Gasteiger partial charge in [-0.2, -0.15) is 0 Å². The molecule has 1 unspecified atom stereocenters. The molecule has 0 bridgehead atoms. The summed E-state index contributed by atoms with van der Waals surface area (Å²) < 4.78 is 15.9. The van der Waals surface area contributed by atoms with Gasteiger partial charge < -0.3 is 24.6 Å². The van der Waals surface area contributed by atoms with E-state index in [0.29, 0.717) is 30.3 Å². The van der Waals surface area contributed by atoms with Crippen LogP contribution in [-0.4, -0.2) is 50.0 Å². The van der Waals surface area contributed by atoms with Gasteiger partial charge in [-0.05, 0) is 12.1 Å². The third kappa shape index (κ3) is 3.85. The lowest BCUT2D eigenvalue weighted by Crippen LogP contribution is -2.35. The highest BCUT2D eigenvalue weighted by Gasteiger charge is 2.21. The molecular weight excluding hydrogens is 278 g/mol. The molecule has 0 radical (unpaired) electrons. The molecule has 0 fully saturated rings. The predicted molar refractivity (Wildman–Crippen MR) is 72.8 cm³/mol. The number of amides is 1. The summed E-state index contributed by atoms with van der Waals surface area (Å²) >= 11 is 0. The molecule has 0 spiro atoms. The molecule has 114 valence electrons. The summed E-state index contributed by atoms with van der Waals surface area (Å²) in [5.74, 6) is -0.397. The second-order valence-electron chi connectivity index (χ2n) is 4.50. The Bertz CT molecular complexity index is 530. The number of rotatable bonds is 6. The number of fused-ring (bicyclic) bond motifs is 1. The Kier molecular flexibility index (Phi) is 4.99. The predicted octanol–water partition coefficient (Wildman–Crippen LogP) is 0.677. The first-order valence-corrected chi connectivity index (χ1v) is 6.53. The number of carbonyl (C=O) groups is 2. The largest absolute Gasteiger partial charge is 0.486 e. The molecule has 0 saturated heterocycles. The van der Waals surface area contributed by atoms with E-state index in [9.17, 15) is 9.59 Å². The van der Waals surface area contributed by atoms with Gasteiger partial charge in [0, 0.05) is 13.7 Å². The van der Waals surface area contributed by atoms with Gasteiger partial charge in [0.05, 0.1) is 18.1 Å². The van der Waals surface area contributed by atoms with Crippen LogP contribution in [0.1, 0.15) is 16.8 Å². The topological polar surface area (TPSA) is 94.1 Å². The smallest absolute Gasteiger partial charge is 0.306 e. The maximum Gasteiger partial charge on any atom is 0.306 e. The lowest BCUT2D eigenvalue weighted by molar-refractivity contribution is -0.139. The van der Waals surface area contributed by atoms with E-state index in [-0.39, 0.29) is 18.9 Å². The third-order valence-corrected chi connectivity index (χ3v) is 3.04. The fourth-order valence-electron chi connectivity index (χ4n) is 1.99. The van der Waals surface area contributed by atoms with Gasteiger partial charge in [0.1, 0.15) is 13.2 Å². The minimum absolute atomic E-state index is 0.103. The van der Waals surface area contributed by atoms with Crippen LogP contribution in [0.3, 0.4) is 0 Å². The van der Waals surface area contributed by atoms with E-state index in [0.717, 1.165) is 0 Å². The van der Waals surface area contributed by atoms with Gasteiger partial charge in [-0.15, -0.1) is 0 Å². The molecule has 2 N–H and O–H groups in total. The Morgan fingerprint density at radius 2 is 2.14 bits per heavy atom. The molecule has 1 aromatic rings. The second-order valence-corrected chi connectivity index (χ2v) is 4.50. The van der Waals surface area contributed by atoms with Gasteiger partial charge in [-0.1, -0.05) is 6.07 Å². The fourth-order valence-corrected chi connectivity index (χ4v) is 1.99. The summed E-state index contributed by atoms with van der Waals surface area (Å²) in [4.78, 5) is 22.8. The minimum Gasteiger partial charge on any atom is -0.486 e. The van der Waals surface area contributed by atoms with E-state index in [2.05, 4.69) is 5.32 Å². The molecule has 1 aliphatic rings. The molecule has 1 atom stereocenters. The standard InChI is InChI=1S/C14H17NO6/c1-19-9(7-12(16)17)8-15-14(18)10-3-2-4-11-13(10)21-6-5-20-11/h2-4,9H,5-8H2,1H3,(H,15,18)(H,16,17). The van der Waals surface area contributed by atoms with Gasteiger partial charge in [-0.3, -0.25) is 9.59 Å². The molecule has 1 heterocycles. The zero-order chi connectivity index (χ0) is 15.2. The first-order valence-electron chi connectivity index (χ1n) is 6.53. The van der Waals surface area contributed by atoms with Crippen molar-refractivity contribution in [3.8, 4) is 11.5 Å². The Labute approximate surface area is 121 Å². The van der Waals surface area contributed by atoms with Crippen LogP contribution in [0, 0.1) is 0 Å². The lowest BCUT2D eigenvalue weighted by atomic mass is 10.1. The van der Waals surface area contributed by atoms with E-state index >= 15 is 0 Å². The SMILES string of the molecule is COC(CNC(=O)c1cccc2c1OCCO2)CC(=O)O. The summed E-state index contributed by atoms with van der Waals surface area (Å²) in [5.41, 5.74) is 0.359. The van der Waals surface area contributed by atoms with Crippen LogP contribution in [-0.2, 0) is 9.53 Å². The maximum absolute atomic E-state index is 12.2. The van der Waals surface area contributed by atoms with Gasteiger partial charge in [0.2, 0.25) is 0 Å². The molecule has 21 heavy (non-hydrogen) atoms. The molecule has 7 heteroatoms. The van der Waals surface area contributed by atoms with Gasteiger partial charge >= 0.3 is 5.97 Å². The first-order chi connectivity index (χ1) is 10.1. The monoisotopic (exact) mass is 295 g/mol. The zero-order valence-electron chi connectivity index (χ0n) is 11.6. The number of methoxy groups -OCH3 is 1. The number of hydrogen-bond donors (Lipinski definition) is 2. The van der Waals surface area contributed by atoms with E-state index < -0.39 is 12.1 Å². The van der Waals surface area contributed by atoms with Crippen molar-refractivity contribution in [2.75, 3.05) is 26.9 Å². The molecule has 0 aromatic heterocycles. The van der Waals surface area contributed by atoms with Crippen molar-refractivity contribution in [2.24, 2.45) is 0 Å². The van der Waals surface area contributed by atoms with Crippen molar-refractivity contribution in [3.63, 3.8) is 0 Å². The number of para-hydroxylation sites is 1. The first kappa shape index (κ1) is 15.1. The molecule has 7 nitrogen and oxygen atoms in total. The van der Waals surface area contributed by atoms with Crippen molar-refractivity contribution in [1.29, 1.82) is 0 Å². The molecular formula is C14H17NO6. The van der Waals surface area contributed by atoms with Crippen LogP contribution < -0.4 is 14.8 Å². The van der Waals surface area contributed by atoms with Crippen molar-refractivity contribution < 1.29 is 28.9 Å². The Hall–Kier alpha value is -2.28. The third-order valence-electron chi connectivity index (χ3n) is 3.04. The number of carbonyl (C=O) groups excluding carboxylic acids is 1. The Balaban J connectivity index is 2.02. The molecule has 0 saturated carbocycles. The van der Waals surface area contributed by atoms with Crippen molar-refractivity contribution in [3.05, 3.63) is 23.8 Å². The van der Waals surface area contributed by atoms with Crippen molar-refractivity contribution in [1.82, 2.24) is 5.32 Å². The number of benzene rings is 1. The number of nitrogens with one attached hydrogen (secondary N) is 1. The lowest BCUT2D eigenvalue weighted by Gasteiger charge is -2.21. The quantitative estimate of drug-likeness (QED) is 0.801. The number of ether oxygens (including phenoxy) is 3. The van der Waals surface area contributed by atoms with Crippen LogP contribution in [0.4, 0.5) is 0 Å². The summed E-state index contributed by atoms with van der Waals surface area (Å²) in [6, 6.07) is 5.06. The summed E-state index contributed by atoms with van der Waals surface area (Å²) in [6.45, 7) is 0.936. The van der Waals surface area contributed by atoms with Crippen LogP contribution in [0.15, 0.2) is 18.2 Å². The van der Waals surface area contributed by atoms with Crippen LogP contribution in [0.2, 0.25) is 0 Å². The normalized spacial score (nSPS) is 14.3. The van der Waals surface area contributed by atoms with Crippen molar-refractivity contribution >= 4 is 11.9 Å². The molecule has 1 aliphatic heterocycles. The molecule has 2 rings (SSSR count). The van der Waals surface area contributed by atoms with E-state index in [1.54, 1.807) is 18.2 Å². The van der Waals surface area contributed by atoms with Crippen LogP contribution >= 0.6 is 0 Å². The van der Waals surface area contributed by atoms with Crippen LogP contribution in [0.5, 0.6) is 11.5 Å². The molecule has 1 aromatic carbocycles. The Morgan fingerprint density at radius 3 is 2.86 bits per heavy atom. The van der Waals surface area contributed by atoms with Gasteiger partial charge in [0.25, 0.3) is 5.91 Å². The average molecular weight is 295 g/mol. The highest BCUT2D eigenvalue weighted by atomic mass is 16.6. The number of carboxylic acid groups (broad SMARTS) is 1. The summed E-state index contributed by atoms with van der Waals surface area (Å²) in [5, 5.41) is 11.4. The molecule has 0 aliphatic carbocycles. The Morgan fingerprint density at radius 1 is 1.38 bits per heavy atom. The van der Waals surface area contributed by atoms with E-state index in [1.165, 1.54) is 7.11 Å². The average Bonchev–Trinajstić information content (AvgIpc) is 2.50. The molecule has 1 amide bonds. The number of carboxylic acids is 1. The van der Waals surface area contributed by atoms with Crippen LogP contribution in [0.25, 0.3) is 0 Å². The summed E-state index contributed by atoms with van der Waals surface area (Å²) in [6.07, 6.45) is -0.758. The fraction of sp³-hybridized carbons (Fsp3) is 0.429. The summed E-state index contributed by atoms with van der Waals surface area (Å²) in [7, 11) is 1.40. The van der Waals surface area contributed by atoms with E-state index in [4.69, 9.17) is 19.3 Å². The highest BCUT2D eigenvalue weighted by Crippen LogP contribution is 2.33. The van der Waals surface area contributed by atoms with Crippen molar-refractivity contribution in [2.45, 2.75) is 12.5 Å². The second kappa shape index (κ2) is 6.94. The van der Waals surface area contributed by atoms with Gasteiger partial charge in [-0.25, -0.2) is 0 Å². The maximum atomic E-state index is 12.2.